The molecule has 2 heterocycles. The second kappa shape index (κ2) is 14.1. The molecule has 39 heavy (non-hydrogen) atoms. The molecule has 0 aliphatic carbocycles. The van der Waals surface area contributed by atoms with E-state index < -0.39 is 6.09 Å². The van der Waals surface area contributed by atoms with E-state index >= 15 is 0 Å². The summed E-state index contributed by atoms with van der Waals surface area (Å²) >= 11 is 6.44. The van der Waals surface area contributed by atoms with Crippen molar-refractivity contribution in [3.05, 3.63) is 47.0 Å². The molecule has 1 saturated heterocycles. The number of nitrogens with zero attached hydrogens (tertiary/aromatic N) is 3. The number of hydrogen-bond donors (Lipinski definition) is 2. The van der Waals surface area contributed by atoms with Gasteiger partial charge in [-0.3, -0.25) is 4.79 Å². The summed E-state index contributed by atoms with van der Waals surface area (Å²) in [6.45, 7) is 3.30. The highest BCUT2D eigenvalue weighted by molar-refractivity contribution is 6.33. The number of hydrogen-bond acceptors (Lipinski definition) is 8. The highest BCUT2D eigenvalue weighted by Crippen LogP contribution is 2.34. The van der Waals surface area contributed by atoms with E-state index in [0.29, 0.717) is 59.8 Å². The fraction of sp³-hybridized carbons (Fsp3) is 0.429. The summed E-state index contributed by atoms with van der Waals surface area (Å²) in [6.07, 6.45) is 2.36. The Balaban J connectivity index is 1.56. The van der Waals surface area contributed by atoms with Crippen LogP contribution >= 0.6 is 11.6 Å². The molecule has 10 nitrogen and oxygen atoms in total. The Labute approximate surface area is 232 Å². The lowest BCUT2D eigenvalue weighted by Crippen LogP contribution is -2.37. The lowest BCUT2D eigenvalue weighted by Gasteiger charge is -2.21. The second-order valence-electron chi connectivity index (χ2n) is 9.26. The van der Waals surface area contributed by atoms with Gasteiger partial charge in [0, 0.05) is 55.9 Å². The van der Waals surface area contributed by atoms with E-state index in [4.69, 9.17) is 25.8 Å². The third-order valence-corrected chi connectivity index (χ3v) is 6.79. The summed E-state index contributed by atoms with van der Waals surface area (Å²) < 4.78 is 17.1. The summed E-state index contributed by atoms with van der Waals surface area (Å²) in [5.41, 5.74) is 2.32. The standard InChI is InChI=1S/C28H32ClN5O5/c1-37-11-3-12-38-13-4-14-39-28(36)34-25-9-7-20(22-15-19(17-30)6-8-24(22)29)16-23(25)26(33-34)32-27(35)21-5-2-10-31-18-21/h6-9,15-16,21,31H,2-5,10-14,18H2,1H3,(H,32,33,35)/t21-/m1/s1. The average molecular weight is 554 g/mol. The normalized spacial score (nSPS) is 15.2. The van der Waals surface area contributed by atoms with Gasteiger partial charge in [0.1, 0.15) is 0 Å². The number of aromatic nitrogens is 2. The van der Waals surface area contributed by atoms with Gasteiger partial charge in [-0.1, -0.05) is 17.7 Å². The second-order valence-corrected chi connectivity index (χ2v) is 9.67. The molecule has 4 rings (SSSR count). The van der Waals surface area contributed by atoms with E-state index in [0.717, 1.165) is 36.1 Å². The number of benzene rings is 2. The van der Waals surface area contributed by atoms with Crippen LogP contribution in [0, 0.1) is 17.2 Å². The molecule has 0 unspecified atom stereocenters. The molecule has 0 radical (unpaired) electrons. The Morgan fingerprint density at radius 2 is 2.00 bits per heavy atom. The summed E-state index contributed by atoms with van der Waals surface area (Å²) in [5.74, 6) is -0.101. The molecule has 0 spiro atoms. The molecule has 1 fully saturated rings. The number of carbonyl (C=O) groups is 2. The number of ether oxygens (including phenoxy) is 3. The van der Waals surface area contributed by atoms with Gasteiger partial charge in [0.15, 0.2) is 5.82 Å². The van der Waals surface area contributed by atoms with E-state index in [2.05, 4.69) is 21.8 Å². The molecule has 206 valence electrons. The van der Waals surface area contributed by atoms with E-state index in [1.807, 2.05) is 0 Å². The molecule has 2 aromatic carbocycles. The maximum Gasteiger partial charge on any atom is 0.435 e. The summed E-state index contributed by atoms with van der Waals surface area (Å²) in [6, 6.07) is 12.5. The van der Waals surface area contributed by atoms with Crippen molar-refractivity contribution < 1.29 is 23.8 Å². The number of fused-ring (bicyclic) bond motifs is 1. The summed E-state index contributed by atoms with van der Waals surface area (Å²) in [5, 5.41) is 20.9. The van der Waals surface area contributed by atoms with Crippen LogP contribution in [0.5, 0.6) is 0 Å². The van der Waals surface area contributed by atoms with Gasteiger partial charge in [-0.2, -0.15) is 9.94 Å². The van der Waals surface area contributed by atoms with Crippen LogP contribution in [0.2, 0.25) is 5.02 Å². The molecule has 1 amide bonds. The molecular weight excluding hydrogens is 522 g/mol. The zero-order chi connectivity index (χ0) is 27.6. The van der Waals surface area contributed by atoms with Gasteiger partial charge >= 0.3 is 6.09 Å². The van der Waals surface area contributed by atoms with E-state index in [-0.39, 0.29) is 24.2 Å². The molecular formula is C28H32ClN5O5. The maximum absolute atomic E-state index is 13.0. The van der Waals surface area contributed by atoms with E-state index in [1.54, 1.807) is 43.5 Å². The van der Waals surface area contributed by atoms with Crippen LogP contribution < -0.4 is 10.6 Å². The summed E-state index contributed by atoms with van der Waals surface area (Å²) in [4.78, 5) is 26.0. The van der Waals surface area contributed by atoms with Gasteiger partial charge in [0.25, 0.3) is 0 Å². The molecule has 1 aromatic heterocycles. The number of amides is 1. The van der Waals surface area contributed by atoms with Crippen molar-refractivity contribution in [3.8, 4) is 17.2 Å². The maximum atomic E-state index is 13.0. The van der Waals surface area contributed by atoms with Crippen LogP contribution in [0.3, 0.4) is 0 Å². The molecule has 1 aliphatic rings. The lowest BCUT2D eigenvalue weighted by atomic mass is 9.98. The smallest absolute Gasteiger partial charge is 0.435 e. The zero-order valence-electron chi connectivity index (χ0n) is 21.9. The fourth-order valence-corrected chi connectivity index (χ4v) is 4.64. The molecule has 3 aromatic rings. The minimum Gasteiger partial charge on any atom is -0.448 e. The van der Waals surface area contributed by atoms with E-state index in [9.17, 15) is 14.9 Å². The summed E-state index contributed by atoms with van der Waals surface area (Å²) in [7, 11) is 1.64. The van der Waals surface area contributed by atoms with E-state index in [1.165, 1.54) is 0 Å². The molecule has 1 aliphatic heterocycles. The number of piperidine rings is 1. The van der Waals surface area contributed by atoms with Crippen molar-refractivity contribution in [1.29, 1.82) is 5.26 Å². The van der Waals surface area contributed by atoms with Crippen molar-refractivity contribution in [1.82, 2.24) is 15.1 Å². The topological polar surface area (TPSA) is 128 Å². The number of anilines is 1. The minimum absolute atomic E-state index is 0.161. The van der Waals surface area contributed by atoms with Gasteiger partial charge in [-0.15, -0.1) is 5.10 Å². The number of methoxy groups -OCH3 is 1. The van der Waals surface area contributed by atoms with Crippen LogP contribution in [0.15, 0.2) is 36.4 Å². The zero-order valence-corrected chi connectivity index (χ0v) is 22.6. The first-order valence-electron chi connectivity index (χ1n) is 13.0. The SMILES string of the molecule is COCCCOCCCOC(=O)n1nc(NC(=O)[C@@H]2CCCNC2)c2cc(-c3cc(C#N)ccc3Cl)ccc21. The number of nitrogens with one attached hydrogen (secondary N) is 2. The Hall–Kier alpha value is -3.49. The first-order chi connectivity index (χ1) is 19.0. The number of carbonyl (C=O) groups excluding carboxylic acids is 2. The molecule has 1 atom stereocenters. The average Bonchev–Trinajstić information content (AvgIpc) is 3.32. The first-order valence-corrected chi connectivity index (χ1v) is 13.4. The molecule has 0 saturated carbocycles. The van der Waals surface area contributed by atoms with Crippen molar-refractivity contribution in [3.63, 3.8) is 0 Å². The predicted molar refractivity (Wildman–Crippen MR) is 148 cm³/mol. The Morgan fingerprint density at radius 1 is 1.18 bits per heavy atom. The number of rotatable bonds is 11. The highest BCUT2D eigenvalue weighted by atomic mass is 35.5. The van der Waals surface area contributed by atoms with Crippen LogP contribution in [-0.4, -0.2) is 68.4 Å². The highest BCUT2D eigenvalue weighted by Gasteiger charge is 2.24. The van der Waals surface area contributed by atoms with Crippen molar-refractivity contribution in [2.75, 3.05) is 51.9 Å². The largest absolute Gasteiger partial charge is 0.448 e. The minimum atomic E-state index is -0.656. The molecule has 2 N–H and O–H groups in total. The predicted octanol–water partition coefficient (Wildman–Crippen LogP) is 4.59. The molecule has 0 bridgehead atoms. The quantitative estimate of drug-likeness (QED) is 0.330. The van der Waals surface area contributed by atoms with Gasteiger partial charge in [0.2, 0.25) is 5.91 Å². The Morgan fingerprint density at radius 3 is 2.74 bits per heavy atom. The van der Waals surface area contributed by atoms with Gasteiger partial charge in [-0.25, -0.2) is 4.79 Å². The van der Waals surface area contributed by atoms with Gasteiger partial charge < -0.3 is 24.8 Å². The monoisotopic (exact) mass is 553 g/mol. The Kier molecular flexibility index (Phi) is 10.3. The lowest BCUT2D eigenvalue weighted by molar-refractivity contribution is -0.120. The third-order valence-electron chi connectivity index (χ3n) is 6.46. The van der Waals surface area contributed by atoms with Crippen LogP contribution in [-0.2, 0) is 19.0 Å². The Bertz CT molecular complexity index is 1350. The molecule has 11 heteroatoms. The van der Waals surface area contributed by atoms with Gasteiger partial charge in [0.05, 0.1) is 29.7 Å². The number of halogens is 1. The van der Waals surface area contributed by atoms with Crippen LogP contribution in [0.1, 0.15) is 31.2 Å². The van der Waals surface area contributed by atoms with Crippen molar-refractivity contribution >= 4 is 40.3 Å². The first kappa shape index (κ1) is 28.5. The van der Waals surface area contributed by atoms with Crippen LogP contribution in [0.4, 0.5) is 10.6 Å². The van der Waals surface area contributed by atoms with Crippen molar-refractivity contribution in [2.45, 2.75) is 25.7 Å². The van der Waals surface area contributed by atoms with Gasteiger partial charge in [-0.05, 0) is 61.7 Å². The van der Waals surface area contributed by atoms with Crippen LogP contribution in [0.25, 0.3) is 22.0 Å². The number of nitriles is 1. The van der Waals surface area contributed by atoms with Crippen molar-refractivity contribution in [2.24, 2.45) is 5.92 Å². The third kappa shape index (κ3) is 7.34. The fourth-order valence-electron chi connectivity index (χ4n) is 4.42.